The van der Waals surface area contributed by atoms with Gasteiger partial charge >= 0.3 is 0 Å². The van der Waals surface area contributed by atoms with E-state index in [1.165, 1.54) is 87.0 Å². The van der Waals surface area contributed by atoms with Gasteiger partial charge in [-0.15, -0.1) is 0 Å². The van der Waals surface area contributed by atoms with Crippen molar-refractivity contribution in [2.45, 2.75) is 37.5 Å². The van der Waals surface area contributed by atoms with Crippen LogP contribution in [0.4, 0.5) is 0 Å². The molecule has 0 aliphatic rings. The van der Waals surface area contributed by atoms with Crippen LogP contribution in [0.15, 0.2) is 131 Å². The monoisotopic (exact) mass is 604 g/mol. The van der Waals surface area contributed by atoms with Gasteiger partial charge in [-0.25, -0.2) is 0 Å². The van der Waals surface area contributed by atoms with Gasteiger partial charge in [0.15, 0.2) is 0 Å². The topological polar surface area (TPSA) is 9.86 Å². The van der Waals surface area contributed by atoms with Crippen molar-refractivity contribution in [2.24, 2.45) is 0 Å². The smallest absolute Gasteiger partial charge is 0.0543 e. The van der Waals surface area contributed by atoms with Crippen LogP contribution in [0.5, 0.6) is 0 Å². The molecule has 6 aromatic carbocycles. The molecule has 0 spiro atoms. The van der Waals surface area contributed by atoms with Gasteiger partial charge in [0.1, 0.15) is 0 Å². The van der Waals surface area contributed by atoms with Gasteiger partial charge in [0.25, 0.3) is 0 Å². The van der Waals surface area contributed by atoms with E-state index in [9.17, 15) is 0 Å². The van der Waals surface area contributed by atoms with Crippen LogP contribution in [0.1, 0.15) is 22.3 Å². The number of aromatic nitrogens is 2. The summed E-state index contributed by atoms with van der Waals surface area (Å²) in [6.45, 7) is 8.67. The second kappa shape index (κ2) is 10.7. The summed E-state index contributed by atoms with van der Waals surface area (Å²) in [5.41, 5.74) is 12.5. The first-order valence-electron chi connectivity index (χ1n) is 15.0. The van der Waals surface area contributed by atoms with Crippen molar-refractivity contribution in [1.82, 2.24) is 9.13 Å². The first-order chi connectivity index (χ1) is 21.4. The standard InChI is InChI=1S/C40H32N2S2/c1-25-5-17-33-34-18-6-26(2)22-38(34)41(37(33)21-25)29-9-13-31(14-10-29)43-44-32-15-11-30(12-16-32)42-39-23-27(3)7-19-35(39)36-20-8-28(4)24-40(36)42/h5-24H,1-4H3. The summed E-state index contributed by atoms with van der Waals surface area (Å²) in [6.07, 6.45) is 0. The van der Waals surface area contributed by atoms with Gasteiger partial charge in [-0.3, -0.25) is 0 Å². The molecule has 44 heavy (non-hydrogen) atoms. The lowest BCUT2D eigenvalue weighted by Gasteiger charge is -2.11. The van der Waals surface area contributed by atoms with Crippen molar-refractivity contribution < 1.29 is 0 Å². The van der Waals surface area contributed by atoms with E-state index in [0.717, 1.165) is 0 Å². The van der Waals surface area contributed by atoms with Crippen LogP contribution in [0.3, 0.4) is 0 Å². The van der Waals surface area contributed by atoms with Crippen LogP contribution >= 0.6 is 21.6 Å². The summed E-state index contributed by atoms with van der Waals surface area (Å²) >= 11 is 0. The van der Waals surface area contributed by atoms with Crippen LogP contribution in [-0.4, -0.2) is 9.13 Å². The zero-order valence-electron chi connectivity index (χ0n) is 25.3. The van der Waals surface area contributed by atoms with E-state index < -0.39 is 0 Å². The van der Waals surface area contributed by atoms with Crippen molar-refractivity contribution in [3.63, 3.8) is 0 Å². The molecule has 0 aliphatic heterocycles. The Hall–Kier alpha value is -4.38. The largest absolute Gasteiger partial charge is 0.309 e. The molecule has 2 nitrogen and oxygen atoms in total. The molecular weight excluding hydrogens is 573 g/mol. The molecule has 0 N–H and O–H groups in total. The van der Waals surface area contributed by atoms with Crippen molar-refractivity contribution in [3.05, 3.63) is 144 Å². The van der Waals surface area contributed by atoms with E-state index in [-0.39, 0.29) is 0 Å². The summed E-state index contributed by atoms with van der Waals surface area (Å²) < 4.78 is 4.81. The summed E-state index contributed by atoms with van der Waals surface area (Å²) in [5.74, 6) is 0. The lowest BCUT2D eigenvalue weighted by atomic mass is 10.1. The van der Waals surface area contributed by atoms with Crippen molar-refractivity contribution in [2.75, 3.05) is 0 Å². The lowest BCUT2D eigenvalue weighted by Crippen LogP contribution is -1.94. The Kier molecular flexibility index (Phi) is 6.58. The molecule has 8 aromatic rings. The molecule has 0 radical (unpaired) electrons. The van der Waals surface area contributed by atoms with Crippen molar-refractivity contribution >= 4 is 65.2 Å². The first-order valence-corrected chi connectivity index (χ1v) is 17.2. The molecule has 0 amide bonds. The van der Waals surface area contributed by atoms with Crippen LogP contribution in [0.2, 0.25) is 0 Å². The van der Waals surface area contributed by atoms with Gasteiger partial charge < -0.3 is 9.13 Å². The number of fused-ring (bicyclic) bond motifs is 6. The summed E-state index contributed by atoms with van der Waals surface area (Å²) in [6, 6.07) is 45.0. The van der Waals surface area contributed by atoms with Crippen LogP contribution in [-0.2, 0) is 0 Å². The van der Waals surface area contributed by atoms with Gasteiger partial charge in [0.05, 0.1) is 22.1 Å². The average Bonchev–Trinajstić information content (AvgIpc) is 3.51. The summed E-state index contributed by atoms with van der Waals surface area (Å²) in [5, 5.41) is 5.20. The average molecular weight is 605 g/mol. The van der Waals surface area contributed by atoms with Crippen molar-refractivity contribution in [3.8, 4) is 11.4 Å². The highest BCUT2D eigenvalue weighted by atomic mass is 33.1. The number of hydrogen-bond donors (Lipinski definition) is 0. The molecule has 0 bridgehead atoms. The second-order valence-electron chi connectivity index (χ2n) is 11.9. The molecule has 0 saturated heterocycles. The van der Waals surface area contributed by atoms with Gasteiger partial charge in [-0.1, -0.05) is 70.1 Å². The van der Waals surface area contributed by atoms with E-state index in [1.807, 2.05) is 0 Å². The number of nitrogens with zero attached hydrogens (tertiary/aromatic N) is 2. The third-order valence-corrected chi connectivity index (χ3v) is 11.0. The predicted molar refractivity (Wildman–Crippen MR) is 192 cm³/mol. The Morgan fingerprint density at radius 1 is 0.341 bits per heavy atom. The van der Waals surface area contributed by atoms with Gasteiger partial charge in [-0.2, -0.15) is 0 Å². The number of rotatable bonds is 5. The molecule has 0 saturated carbocycles. The molecule has 0 fully saturated rings. The molecule has 0 unspecified atom stereocenters. The van der Waals surface area contributed by atoms with E-state index in [0.29, 0.717) is 0 Å². The second-order valence-corrected chi connectivity index (χ2v) is 14.2. The minimum atomic E-state index is 1.19. The highest BCUT2D eigenvalue weighted by Gasteiger charge is 2.14. The highest BCUT2D eigenvalue weighted by Crippen LogP contribution is 2.40. The fraction of sp³-hybridized carbons (Fsp3) is 0.100. The fourth-order valence-corrected chi connectivity index (χ4v) is 8.36. The SMILES string of the molecule is Cc1ccc2c3ccc(C)cc3n(-c3ccc(SSc4ccc(-n5c6cc(C)ccc6c6ccc(C)cc65)cc4)cc3)c2c1. The fourth-order valence-electron chi connectivity index (χ4n) is 6.43. The molecule has 2 heterocycles. The maximum Gasteiger partial charge on any atom is 0.0543 e. The van der Waals surface area contributed by atoms with Gasteiger partial charge in [0.2, 0.25) is 0 Å². The van der Waals surface area contributed by atoms with Crippen molar-refractivity contribution in [1.29, 1.82) is 0 Å². The Morgan fingerprint density at radius 2 is 0.614 bits per heavy atom. The van der Waals surface area contributed by atoms with E-state index in [1.54, 1.807) is 21.6 Å². The molecule has 0 atom stereocenters. The molecule has 2 aromatic heterocycles. The number of hydrogen-bond acceptors (Lipinski definition) is 2. The summed E-state index contributed by atoms with van der Waals surface area (Å²) in [4.78, 5) is 2.48. The predicted octanol–water partition coefficient (Wildman–Crippen LogP) is 11.9. The number of aryl methyl sites for hydroxylation is 4. The van der Waals surface area contributed by atoms with Gasteiger partial charge in [0, 0.05) is 42.7 Å². The maximum atomic E-state index is 2.41. The highest BCUT2D eigenvalue weighted by molar-refractivity contribution is 8.76. The van der Waals surface area contributed by atoms with E-state index in [2.05, 4.69) is 158 Å². The quantitative estimate of drug-likeness (QED) is 0.181. The van der Waals surface area contributed by atoms with Crippen LogP contribution in [0.25, 0.3) is 55.0 Å². The normalized spacial score (nSPS) is 11.8. The Labute approximate surface area is 265 Å². The third kappa shape index (κ3) is 4.61. The van der Waals surface area contributed by atoms with E-state index >= 15 is 0 Å². The maximum absolute atomic E-state index is 2.41. The van der Waals surface area contributed by atoms with Gasteiger partial charge in [-0.05, 0) is 123 Å². The minimum Gasteiger partial charge on any atom is -0.309 e. The number of benzene rings is 6. The summed E-state index contributed by atoms with van der Waals surface area (Å²) in [7, 11) is 3.61. The minimum absolute atomic E-state index is 1.19. The lowest BCUT2D eigenvalue weighted by molar-refractivity contribution is 1.16. The molecule has 0 aliphatic carbocycles. The Bertz CT molecular complexity index is 2070. The van der Waals surface area contributed by atoms with E-state index in [4.69, 9.17) is 0 Å². The molecular formula is C40H32N2S2. The van der Waals surface area contributed by atoms with Crippen LogP contribution < -0.4 is 0 Å². The third-order valence-electron chi connectivity index (χ3n) is 8.58. The first kappa shape index (κ1) is 27.2. The Balaban J connectivity index is 1.07. The molecule has 8 rings (SSSR count). The zero-order chi connectivity index (χ0) is 29.9. The molecule has 214 valence electrons. The molecule has 4 heteroatoms. The zero-order valence-corrected chi connectivity index (χ0v) is 26.9. The van der Waals surface area contributed by atoms with Crippen LogP contribution in [0, 0.1) is 27.7 Å². The Morgan fingerprint density at radius 3 is 0.886 bits per heavy atom.